The van der Waals surface area contributed by atoms with Crippen LogP contribution in [0.2, 0.25) is 0 Å². The molecule has 1 heterocycles. The lowest BCUT2D eigenvalue weighted by atomic mass is 10.2. The van der Waals surface area contributed by atoms with Gasteiger partial charge in [0, 0.05) is 24.5 Å². The Morgan fingerprint density at radius 3 is 2.72 bits per heavy atom. The van der Waals surface area contributed by atoms with Gasteiger partial charge in [0.2, 0.25) is 0 Å². The minimum Gasteiger partial charge on any atom is -0.308 e. The van der Waals surface area contributed by atoms with Crippen molar-refractivity contribution in [2.24, 2.45) is 0 Å². The summed E-state index contributed by atoms with van der Waals surface area (Å²) in [5, 5.41) is 4.69. The minimum atomic E-state index is 0.466. The zero-order valence-corrected chi connectivity index (χ0v) is 11.4. The first-order valence-corrected chi connectivity index (χ1v) is 6.38. The molecular formula is C15H21N3. The molecule has 0 saturated heterocycles. The summed E-state index contributed by atoms with van der Waals surface area (Å²) in [6.07, 6.45) is 0. The molecule has 0 aliphatic heterocycles. The Morgan fingerprint density at radius 2 is 1.94 bits per heavy atom. The van der Waals surface area contributed by atoms with Crippen molar-refractivity contribution in [1.29, 1.82) is 0 Å². The second-order valence-corrected chi connectivity index (χ2v) is 5.04. The van der Waals surface area contributed by atoms with Gasteiger partial charge < -0.3 is 10.2 Å². The summed E-state index contributed by atoms with van der Waals surface area (Å²) in [6.45, 7) is 4.05. The minimum absolute atomic E-state index is 0.466. The first kappa shape index (κ1) is 13.0. The number of nitrogens with zero attached hydrogens (tertiary/aromatic N) is 2. The Labute approximate surface area is 109 Å². The molecule has 2 aromatic rings. The second kappa shape index (κ2) is 5.94. The van der Waals surface area contributed by atoms with Gasteiger partial charge in [0.25, 0.3) is 0 Å². The lowest BCUT2D eigenvalue weighted by Gasteiger charge is -2.18. The summed E-state index contributed by atoms with van der Waals surface area (Å²) in [5.74, 6) is 0. The molecule has 0 saturated carbocycles. The predicted octanol–water partition coefficient (Wildman–Crippen LogP) is 2.27. The Balaban J connectivity index is 1.99. The monoisotopic (exact) mass is 243 g/mol. The third-order valence-corrected chi connectivity index (χ3v) is 2.93. The molecule has 1 atom stereocenters. The van der Waals surface area contributed by atoms with E-state index in [1.54, 1.807) is 0 Å². The molecule has 0 bridgehead atoms. The third-order valence-electron chi connectivity index (χ3n) is 2.93. The Morgan fingerprint density at radius 1 is 1.17 bits per heavy atom. The smallest absolute Gasteiger partial charge is 0.0705 e. The second-order valence-electron chi connectivity index (χ2n) is 5.04. The lowest BCUT2D eigenvalue weighted by molar-refractivity contribution is 0.348. The number of aromatic nitrogens is 1. The molecule has 1 N–H and O–H groups in total. The highest BCUT2D eigenvalue weighted by molar-refractivity contribution is 5.78. The topological polar surface area (TPSA) is 28.2 Å². The molecule has 1 unspecified atom stereocenters. The highest BCUT2D eigenvalue weighted by Crippen LogP contribution is 2.11. The van der Waals surface area contributed by atoms with Crippen LogP contribution >= 0.6 is 0 Å². The highest BCUT2D eigenvalue weighted by Gasteiger charge is 2.03. The number of benzene rings is 1. The van der Waals surface area contributed by atoms with E-state index in [-0.39, 0.29) is 0 Å². The van der Waals surface area contributed by atoms with Crippen LogP contribution in [0.15, 0.2) is 36.4 Å². The molecular weight excluding hydrogens is 222 g/mol. The van der Waals surface area contributed by atoms with Crippen molar-refractivity contribution < 1.29 is 0 Å². The van der Waals surface area contributed by atoms with Crippen molar-refractivity contribution in [2.45, 2.75) is 19.5 Å². The van der Waals surface area contributed by atoms with Gasteiger partial charge in [-0.15, -0.1) is 0 Å². The molecule has 1 aromatic heterocycles. The largest absolute Gasteiger partial charge is 0.308 e. The van der Waals surface area contributed by atoms with Crippen molar-refractivity contribution in [1.82, 2.24) is 15.2 Å². The fraction of sp³-hybridized carbons (Fsp3) is 0.400. The van der Waals surface area contributed by atoms with Crippen molar-refractivity contribution in [3.63, 3.8) is 0 Å². The molecule has 0 fully saturated rings. The standard InChI is InChI=1S/C15H21N3/c1-12(11-18(2)3)16-10-14-9-8-13-6-4-5-7-15(13)17-14/h4-9,12,16H,10-11H2,1-3H3. The summed E-state index contributed by atoms with van der Waals surface area (Å²) in [4.78, 5) is 6.84. The van der Waals surface area contributed by atoms with Crippen LogP contribution in [0.3, 0.4) is 0 Å². The summed E-state index contributed by atoms with van der Waals surface area (Å²) in [5.41, 5.74) is 2.16. The van der Waals surface area contributed by atoms with E-state index in [4.69, 9.17) is 0 Å². The van der Waals surface area contributed by atoms with Crippen LogP contribution in [0.1, 0.15) is 12.6 Å². The highest BCUT2D eigenvalue weighted by atomic mass is 15.1. The maximum atomic E-state index is 4.65. The molecule has 3 heteroatoms. The molecule has 18 heavy (non-hydrogen) atoms. The normalized spacial score (nSPS) is 13.1. The van der Waals surface area contributed by atoms with E-state index in [1.807, 2.05) is 12.1 Å². The molecule has 0 radical (unpaired) electrons. The van der Waals surface area contributed by atoms with E-state index in [0.717, 1.165) is 24.3 Å². The quantitative estimate of drug-likeness (QED) is 0.873. The Hall–Kier alpha value is -1.45. The number of pyridine rings is 1. The fourth-order valence-corrected chi connectivity index (χ4v) is 2.10. The summed E-state index contributed by atoms with van der Waals surface area (Å²) < 4.78 is 0. The number of nitrogens with one attached hydrogen (secondary N) is 1. The van der Waals surface area contributed by atoms with E-state index in [2.05, 4.69) is 60.5 Å². The van der Waals surface area contributed by atoms with Crippen molar-refractivity contribution >= 4 is 10.9 Å². The van der Waals surface area contributed by atoms with Crippen LogP contribution in [0, 0.1) is 0 Å². The van der Waals surface area contributed by atoms with E-state index in [9.17, 15) is 0 Å². The van der Waals surface area contributed by atoms with Crippen molar-refractivity contribution in [3.8, 4) is 0 Å². The van der Waals surface area contributed by atoms with E-state index in [1.165, 1.54) is 5.39 Å². The molecule has 2 rings (SSSR count). The van der Waals surface area contributed by atoms with Gasteiger partial charge in [-0.3, -0.25) is 4.98 Å². The van der Waals surface area contributed by atoms with E-state index in [0.29, 0.717) is 6.04 Å². The molecule has 96 valence electrons. The number of hydrogen-bond donors (Lipinski definition) is 1. The van der Waals surface area contributed by atoms with E-state index < -0.39 is 0 Å². The summed E-state index contributed by atoms with van der Waals surface area (Å²) in [7, 11) is 4.18. The average Bonchev–Trinajstić information content (AvgIpc) is 2.35. The van der Waals surface area contributed by atoms with Gasteiger partial charge in [-0.25, -0.2) is 0 Å². The van der Waals surface area contributed by atoms with Crippen LogP contribution in [0.4, 0.5) is 0 Å². The first-order chi connectivity index (χ1) is 8.65. The zero-order chi connectivity index (χ0) is 13.0. The molecule has 3 nitrogen and oxygen atoms in total. The van der Waals surface area contributed by atoms with Crippen LogP contribution < -0.4 is 5.32 Å². The van der Waals surface area contributed by atoms with Crippen molar-refractivity contribution in [2.75, 3.05) is 20.6 Å². The van der Waals surface area contributed by atoms with E-state index >= 15 is 0 Å². The fourth-order valence-electron chi connectivity index (χ4n) is 2.10. The van der Waals surface area contributed by atoms with Crippen LogP contribution in [0.25, 0.3) is 10.9 Å². The summed E-state index contributed by atoms with van der Waals surface area (Å²) in [6, 6.07) is 12.9. The maximum Gasteiger partial charge on any atom is 0.0705 e. The van der Waals surface area contributed by atoms with Crippen LogP contribution in [0.5, 0.6) is 0 Å². The first-order valence-electron chi connectivity index (χ1n) is 6.38. The van der Waals surface area contributed by atoms with Gasteiger partial charge in [-0.1, -0.05) is 24.3 Å². The molecule has 1 aromatic carbocycles. The van der Waals surface area contributed by atoms with Crippen molar-refractivity contribution in [3.05, 3.63) is 42.1 Å². The average molecular weight is 243 g/mol. The number of rotatable bonds is 5. The predicted molar refractivity (Wildman–Crippen MR) is 76.6 cm³/mol. The van der Waals surface area contributed by atoms with Gasteiger partial charge in [-0.05, 0) is 33.2 Å². The molecule has 0 aliphatic carbocycles. The Kier molecular flexibility index (Phi) is 4.28. The third kappa shape index (κ3) is 3.52. The van der Waals surface area contributed by atoms with Gasteiger partial charge in [0.1, 0.15) is 0 Å². The SMILES string of the molecule is CC(CN(C)C)NCc1ccc2ccccc2n1. The van der Waals surface area contributed by atoms with Crippen LogP contribution in [-0.4, -0.2) is 36.6 Å². The number of para-hydroxylation sites is 1. The molecule has 0 spiro atoms. The van der Waals surface area contributed by atoms with Crippen LogP contribution in [-0.2, 0) is 6.54 Å². The van der Waals surface area contributed by atoms with Gasteiger partial charge >= 0.3 is 0 Å². The van der Waals surface area contributed by atoms with Gasteiger partial charge in [-0.2, -0.15) is 0 Å². The Bertz CT molecular complexity index is 508. The number of fused-ring (bicyclic) bond motifs is 1. The van der Waals surface area contributed by atoms with Gasteiger partial charge in [0.05, 0.1) is 11.2 Å². The summed E-state index contributed by atoms with van der Waals surface area (Å²) >= 11 is 0. The molecule has 0 amide bonds. The maximum absolute atomic E-state index is 4.65. The zero-order valence-electron chi connectivity index (χ0n) is 11.4. The van der Waals surface area contributed by atoms with Gasteiger partial charge in [0.15, 0.2) is 0 Å². The number of likely N-dealkylation sites (N-methyl/N-ethyl adjacent to an activating group) is 1. The number of hydrogen-bond acceptors (Lipinski definition) is 3. The lowest BCUT2D eigenvalue weighted by Crippen LogP contribution is -2.35. The molecule has 0 aliphatic rings.